The van der Waals surface area contributed by atoms with E-state index in [9.17, 15) is 4.79 Å². The number of rotatable bonds is 4. The fraction of sp³-hybridized carbons (Fsp3) is 0.636. The fourth-order valence-corrected chi connectivity index (χ4v) is 1.71. The molecule has 0 unspecified atom stereocenters. The highest BCUT2D eigenvalue weighted by Crippen LogP contribution is 2.29. The Kier molecular flexibility index (Phi) is 2.85. The minimum absolute atomic E-state index is 0.0363. The van der Waals surface area contributed by atoms with Crippen LogP contribution in [-0.4, -0.2) is 41.3 Å². The predicted octanol–water partition coefficient (Wildman–Crippen LogP) is 0.911. The van der Waals surface area contributed by atoms with E-state index in [1.165, 1.54) is 12.8 Å². The van der Waals surface area contributed by atoms with Gasteiger partial charge in [-0.15, -0.1) is 0 Å². The lowest BCUT2D eigenvalue weighted by atomic mass is 10.3. The highest BCUT2D eigenvalue weighted by atomic mass is 16.5. The maximum absolute atomic E-state index is 12.0. The highest BCUT2D eigenvalue weighted by molar-refractivity contribution is 5.92. The first-order valence-electron chi connectivity index (χ1n) is 5.45. The van der Waals surface area contributed by atoms with E-state index in [0.29, 0.717) is 17.5 Å². The smallest absolute Gasteiger partial charge is 0.274 e. The van der Waals surface area contributed by atoms with E-state index < -0.39 is 0 Å². The molecule has 0 radical (unpaired) electrons. The topological polar surface area (TPSA) is 47.4 Å². The Hall–Kier alpha value is -1.52. The number of hydrogen-bond donors (Lipinski definition) is 0. The second-order valence-corrected chi connectivity index (χ2v) is 4.32. The summed E-state index contributed by atoms with van der Waals surface area (Å²) in [6, 6.07) is 1.67. The lowest BCUT2D eigenvalue weighted by Crippen LogP contribution is -2.29. The summed E-state index contributed by atoms with van der Waals surface area (Å²) in [5.41, 5.74) is 0.447. The molecule has 1 fully saturated rings. The predicted molar refractivity (Wildman–Crippen MR) is 59.4 cm³/mol. The summed E-state index contributed by atoms with van der Waals surface area (Å²) in [5, 5.41) is 4.13. The standard InChI is InChI=1S/C11H17N3O2/c1-13(7-8-4-5-8)11(15)9-6-10(16-3)14(2)12-9/h6,8H,4-5,7H2,1-3H3. The highest BCUT2D eigenvalue weighted by Gasteiger charge is 2.26. The summed E-state index contributed by atoms with van der Waals surface area (Å²) >= 11 is 0. The monoisotopic (exact) mass is 223 g/mol. The number of methoxy groups -OCH3 is 1. The van der Waals surface area contributed by atoms with Crippen molar-refractivity contribution in [3.63, 3.8) is 0 Å². The van der Waals surface area contributed by atoms with Crippen LogP contribution in [0.15, 0.2) is 6.07 Å². The zero-order valence-electron chi connectivity index (χ0n) is 9.93. The van der Waals surface area contributed by atoms with Gasteiger partial charge in [-0.25, -0.2) is 4.68 Å². The molecule has 0 atom stereocenters. The Bertz CT molecular complexity index is 396. The molecule has 1 aromatic rings. The minimum atomic E-state index is -0.0363. The number of ether oxygens (including phenoxy) is 1. The Morgan fingerprint density at radius 2 is 2.38 bits per heavy atom. The van der Waals surface area contributed by atoms with Crippen LogP contribution < -0.4 is 4.74 Å². The molecule has 1 aliphatic rings. The first-order valence-corrected chi connectivity index (χ1v) is 5.45. The Labute approximate surface area is 95.0 Å². The average molecular weight is 223 g/mol. The van der Waals surface area contributed by atoms with Crippen molar-refractivity contribution in [2.75, 3.05) is 20.7 Å². The van der Waals surface area contributed by atoms with E-state index in [1.54, 1.807) is 29.8 Å². The van der Waals surface area contributed by atoms with Crippen molar-refractivity contribution < 1.29 is 9.53 Å². The lowest BCUT2D eigenvalue weighted by Gasteiger charge is -2.14. The van der Waals surface area contributed by atoms with Crippen molar-refractivity contribution in [3.8, 4) is 5.88 Å². The first kappa shape index (κ1) is 11.0. The molecule has 0 bridgehead atoms. The van der Waals surface area contributed by atoms with Gasteiger partial charge in [0.25, 0.3) is 5.91 Å². The molecule has 0 N–H and O–H groups in total. The van der Waals surface area contributed by atoms with Gasteiger partial charge in [-0.2, -0.15) is 5.10 Å². The van der Waals surface area contributed by atoms with Crippen LogP contribution >= 0.6 is 0 Å². The van der Waals surface area contributed by atoms with Gasteiger partial charge in [0.15, 0.2) is 5.69 Å². The number of hydrogen-bond acceptors (Lipinski definition) is 3. The van der Waals surface area contributed by atoms with Crippen molar-refractivity contribution in [1.82, 2.24) is 14.7 Å². The molecule has 2 rings (SSSR count). The third-order valence-corrected chi connectivity index (χ3v) is 2.84. The van der Waals surface area contributed by atoms with Gasteiger partial charge in [-0.1, -0.05) is 0 Å². The Morgan fingerprint density at radius 1 is 1.69 bits per heavy atom. The number of nitrogens with zero attached hydrogens (tertiary/aromatic N) is 3. The third-order valence-electron chi connectivity index (χ3n) is 2.84. The molecular formula is C11H17N3O2. The van der Waals surface area contributed by atoms with Crippen LogP contribution in [0, 0.1) is 5.92 Å². The largest absolute Gasteiger partial charge is 0.481 e. The van der Waals surface area contributed by atoms with Gasteiger partial charge in [0, 0.05) is 26.7 Å². The lowest BCUT2D eigenvalue weighted by molar-refractivity contribution is 0.0782. The fourth-order valence-electron chi connectivity index (χ4n) is 1.71. The number of aromatic nitrogens is 2. The molecular weight excluding hydrogens is 206 g/mol. The summed E-state index contributed by atoms with van der Waals surface area (Å²) in [4.78, 5) is 13.7. The molecule has 5 nitrogen and oxygen atoms in total. The van der Waals surface area contributed by atoms with Crippen molar-refractivity contribution in [2.45, 2.75) is 12.8 Å². The van der Waals surface area contributed by atoms with E-state index in [2.05, 4.69) is 5.10 Å². The van der Waals surface area contributed by atoms with Gasteiger partial charge in [0.1, 0.15) is 0 Å². The van der Waals surface area contributed by atoms with E-state index in [-0.39, 0.29) is 5.91 Å². The SMILES string of the molecule is COc1cc(C(=O)N(C)CC2CC2)nn1C. The summed E-state index contributed by atoms with van der Waals surface area (Å²) in [6.45, 7) is 0.831. The zero-order valence-corrected chi connectivity index (χ0v) is 9.93. The Morgan fingerprint density at radius 3 is 2.88 bits per heavy atom. The zero-order chi connectivity index (χ0) is 11.7. The molecule has 1 heterocycles. The molecule has 0 aromatic carbocycles. The number of aryl methyl sites for hydroxylation is 1. The second-order valence-electron chi connectivity index (χ2n) is 4.32. The van der Waals surface area contributed by atoms with Crippen LogP contribution in [0.25, 0.3) is 0 Å². The van der Waals surface area contributed by atoms with Gasteiger partial charge < -0.3 is 9.64 Å². The van der Waals surface area contributed by atoms with Crippen LogP contribution in [0.3, 0.4) is 0 Å². The summed E-state index contributed by atoms with van der Waals surface area (Å²) in [6.07, 6.45) is 2.48. The molecule has 5 heteroatoms. The molecule has 1 saturated carbocycles. The molecule has 88 valence electrons. The van der Waals surface area contributed by atoms with Crippen LogP contribution in [0.1, 0.15) is 23.3 Å². The molecule has 16 heavy (non-hydrogen) atoms. The number of carbonyl (C=O) groups excluding carboxylic acids is 1. The number of amides is 1. The summed E-state index contributed by atoms with van der Waals surface area (Å²) in [7, 11) is 5.15. The van der Waals surface area contributed by atoms with E-state index in [0.717, 1.165) is 6.54 Å². The van der Waals surface area contributed by atoms with Crippen molar-refractivity contribution in [1.29, 1.82) is 0 Å². The third kappa shape index (κ3) is 2.18. The summed E-state index contributed by atoms with van der Waals surface area (Å²) in [5.74, 6) is 1.26. The normalized spacial score (nSPS) is 14.9. The first-order chi connectivity index (χ1) is 7.61. The number of carbonyl (C=O) groups is 1. The average Bonchev–Trinajstić information content (AvgIpc) is 2.98. The van der Waals surface area contributed by atoms with Crippen molar-refractivity contribution >= 4 is 5.91 Å². The molecule has 0 aliphatic heterocycles. The quantitative estimate of drug-likeness (QED) is 0.762. The molecule has 1 aliphatic carbocycles. The Balaban J connectivity index is 2.06. The maximum Gasteiger partial charge on any atom is 0.274 e. The van der Waals surface area contributed by atoms with E-state index in [1.807, 2.05) is 7.05 Å². The van der Waals surface area contributed by atoms with Crippen LogP contribution in [0.4, 0.5) is 0 Å². The van der Waals surface area contributed by atoms with E-state index >= 15 is 0 Å². The van der Waals surface area contributed by atoms with Crippen LogP contribution in [0.2, 0.25) is 0 Å². The molecule has 0 saturated heterocycles. The van der Waals surface area contributed by atoms with E-state index in [4.69, 9.17) is 4.74 Å². The molecule has 1 amide bonds. The van der Waals surface area contributed by atoms with Crippen molar-refractivity contribution in [2.24, 2.45) is 13.0 Å². The van der Waals surface area contributed by atoms with Crippen molar-refractivity contribution in [3.05, 3.63) is 11.8 Å². The van der Waals surface area contributed by atoms with Gasteiger partial charge in [-0.05, 0) is 18.8 Å². The van der Waals surface area contributed by atoms with Gasteiger partial charge in [0.2, 0.25) is 5.88 Å². The van der Waals surface area contributed by atoms with Gasteiger partial charge in [-0.3, -0.25) is 4.79 Å². The maximum atomic E-state index is 12.0. The minimum Gasteiger partial charge on any atom is -0.481 e. The van der Waals surface area contributed by atoms with Gasteiger partial charge >= 0.3 is 0 Å². The van der Waals surface area contributed by atoms with Crippen LogP contribution in [-0.2, 0) is 7.05 Å². The summed E-state index contributed by atoms with van der Waals surface area (Å²) < 4.78 is 6.65. The van der Waals surface area contributed by atoms with Gasteiger partial charge in [0.05, 0.1) is 7.11 Å². The second kappa shape index (κ2) is 4.15. The molecule has 0 spiro atoms. The van der Waals surface area contributed by atoms with Crippen LogP contribution in [0.5, 0.6) is 5.88 Å². The molecule has 1 aromatic heterocycles.